The zero-order chi connectivity index (χ0) is 13.0. The normalized spacial score (nSPS) is 17.5. The molecular weight excluding hydrogens is 222 g/mol. The third-order valence-electron chi connectivity index (χ3n) is 3.54. The molecule has 1 aliphatic heterocycles. The van der Waals surface area contributed by atoms with Crippen LogP contribution in [-0.2, 0) is 0 Å². The van der Waals surface area contributed by atoms with Crippen molar-refractivity contribution in [1.82, 2.24) is 10.3 Å². The maximum Gasteiger partial charge on any atom is 0.129 e. The van der Waals surface area contributed by atoms with Crippen molar-refractivity contribution < 1.29 is 0 Å². The Morgan fingerprint density at radius 3 is 3.00 bits per heavy atom. The quantitative estimate of drug-likeness (QED) is 0.827. The van der Waals surface area contributed by atoms with E-state index < -0.39 is 0 Å². The fourth-order valence-electron chi connectivity index (χ4n) is 2.28. The van der Waals surface area contributed by atoms with Gasteiger partial charge in [-0.25, -0.2) is 4.98 Å². The lowest BCUT2D eigenvalue weighted by Crippen LogP contribution is -2.29. The molecule has 0 aliphatic carbocycles. The van der Waals surface area contributed by atoms with Gasteiger partial charge in [0.05, 0.1) is 0 Å². The van der Waals surface area contributed by atoms with Crippen LogP contribution in [0.4, 0.5) is 5.82 Å². The summed E-state index contributed by atoms with van der Waals surface area (Å²) in [5.41, 5.74) is 2.80. The van der Waals surface area contributed by atoms with E-state index in [0.717, 1.165) is 31.9 Å². The van der Waals surface area contributed by atoms with Gasteiger partial charge < -0.3 is 10.2 Å². The van der Waals surface area contributed by atoms with Crippen molar-refractivity contribution in [2.75, 3.05) is 24.5 Å². The number of rotatable bonds is 4. The van der Waals surface area contributed by atoms with E-state index in [1.807, 2.05) is 6.20 Å². The second kappa shape index (κ2) is 6.01. The minimum atomic E-state index is 0.388. The van der Waals surface area contributed by atoms with E-state index >= 15 is 0 Å². The lowest BCUT2D eigenvalue weighted by molar-refractivity contribution is 0.597. The van der Waals surface area contributed by atoms with Gasteiger partial charge in [0.1, 0.15) is 5.82 Å². The fraction of sp³-hybridized carbons (Fsp3) is 0.533. The zero-order valence-corrected chi connectivity index (χ0v) is 11.6. The minimum Gasteiger partial charge on any atom is -0.353 e. The highest BCUT2D eigenvalue weighted by atomic mass is 15.2. The van der Waals surface area contributed by atoms with Crippen LogP contribution in [0.25, 0.3) is 0 Å². The topological polar surface area (TPSA) is 28.2 Å². The summed E-state index contributed by atoms with van der Waals surface area (Å²) in [7, 11) is 0. The summed E-state index contributed by atoms with van der Waals surface area (Å²) in [6, 6.07) is 4.70. The van der Waals surface area contributed by atoms with Crippen LogP contribution in [0.1, 0.15) is 38.8 Å². The maximum atomic E-state index is 4.50. The molecule has 1 atom stereocenters. The smallest absolute Gasteiger partial charge is 0.129 e. The number of anilines is 1. The summed E-state index contributed by atoms with van der Waals surface area (Å²) in [5, 5.41) is 3.44. The molecule has 1 aromatic rings. The Bertz CT molecular complexity index is 426. The van der Waals surface area contributed by atoms with Crippen molar-refractivity contribution in [1.29, 1.82) is 0 Å². The third kappa shape index (κ3) is 3.10. The van der Waals surface area contributed by atoms with Gasteiger partial charge in [0.25, 0.3) is 0 Å². The molecule has 1 unspecified atom stereocenters. The van der Waals surface area contributed by atoms with Gasteiger partial charge in [-0.05, 0) is 44.5 Å². The second-order valence-electron chi connectivity index (χ2n) is 4.97. The highest BCUT2D eigenvalue weighted by Gasteiger charge is 2.12. The number of nitrogens with zero attached hydrogens (tertiary/aromatic N) is 2. The lowest BCUT2D eigenvalue weighted by atomic mass is 10.1. The molecule has 1 aromatic heterocycles. The Labute approximate surface area is 110 Å². The van der Waals surface area contributed by atoms with Crippen LogP contribution in [0.2, 0.25) is 0 Å². The SMILES string of the molecule is CCNC(C)c1ccnc(N2CC=C(C)CC2)c1. The number of aromatic nitrogens is 1. The van der Waals surface area contributed by atoms with Gasteiger partial charge in [-0.1, -0.05) is 18.6 Å². The van der Waals surface area contributed by atoms with Crippen LogP contribution in [-0.4, -0.2) is 24.6 Å². The van der Waals surface area contributed by atoms with E-state index in [2.05, 4.69) is 54.2 Å². The van der Waals surface area contributed by atoms with Crippen molar-refractivity contribution in [3.8, 4) is 0 Å². The van der Waals surface area contributed by atoms with Crippen LogP contribution in [0, 0.1) is 0 Å². The van der Waals surface area contributed by atoms with Crippen LogP contribution >= 0.6 is 0 Å². The molecule has 0 amide bonds. The van der Waals surface area contributed by atoms with Gasteiger partial charge in [-0.2, -0.15) is 0 Å². The van der Waals surface area contributed by atoms with E-state index in [1.54, 1.807) is 0 Å². The number of hydrogen-bond donors (Lipinski definition) is 1. The average molecular weight is 245 g/mol. The van der Waals surface area contributed by atoms with E-state index in [-0.39, 0.29) is 0 Å². The van der Waals surface area contributed by atoms with Gasteiger partial charge in [-0.3, -0.25) is 0 Å². The Hall–Kier alpha value is -1.35. The maximum absolute atomic E-state index is 4.50. The average Bonchev–Trinajstić information content (AvgIpc) is 2.40. The van der Waals surface area contributed by atoms with Gasteiger partial charge >= 0.3 is 0 Å². The highest BCUT2D eigenvalue weighted by molar-refractivity contribution is 5.43. The standard InChI is InChI=1S/C15H23N3/c1-4-16-13(3)14-5-8-17-15(11-14)18-9-6-12(2)7-10-18/h5-6,8,11,13,16H,4,7,9-10H2,1-3H3. The van der Waals surface area contributed by atoms with Crippen LogP contribution in [0.5, 0.6) is 0 Å². The highest BCUT2D eigenvalue weighted by Crippen LogP contribution is 2.21. The summed E-state index contributed by atoms with van der Waals surface area (Å²) in [4.78, 5) is 6.84. The van der Waals surface area contributed by atoms with E-state index in [9.17, 15) is 0 Å². The molecular formula is C15H23N3. The van der Waals surface area contributed by atoms with Crippen molar-refractivity contribution in [2.45, 2.75) is 33.2 Å². The van der Waals surface area contributed by atoms with E-state index in [1.165, 1.54) is 11.1 Å². The van der Waals surface area contributed by atoms with Gasteiger partial charge in [0.2, 0.25) is 0 Å². The number of hydrogen-bond acceptors (Lipinski definition) is 3. The van der Waals surface area contributed by atoms with Crippen LogP contribution < -0.4 is 10.2 Å². The molecule has 3 heteroatoms. The first-order valence-electron chi connectivity index (χ1n) is 6.80. The van der Waals surface area contributed by atoms with Gasteiger partial charge in [0.15, 0.2) is 0 Å². The second-order valence-corrected chi connectivity index (χ2v) is 4.97. The molecule has 1 N–H and O–H groups in total. The molecule has 0 saturated carbocycles. The Morgan fingerprint density at radius 1 is 1.50 bits per heavy atom. The fourth-order valence-corrected chi connectivity index (χ4v) is 2.28. The number of nitrogens with one attached hydrogen (secondary N) is 1. The summed E-state index contributed by atoms with van der Waals surface area (Å²) in [6.07, 6.45) is 5.37. The summed E-state index contributed by atoms with van der Waals surface area (Å²) in [5.74, 6) is 1.10. The largest absolute Gasteiger partial charge is 0.353 e. The molecule has 0 radical (unpaired) electrons. The molecule has 0 saturated heterocycles. The molecule has 3 nitrogen and oxygen atoms in total. The van der Waals surface area contributed by atoms with Crippen molar-refractivity contribution in [2.24, 2.45) is 0 Å². The molecule has 0 fully saturated rings. The summed E-state index contributed by atoms with van der Waals surface area (Å²) >= 11 is 0. The van der Waals surface area contributed by atoms with E-state index in [4.69, 9.17) is 0 Å². The van der Waals surface area contributed by atoms with Crippen molar-refractivity contribution >= 4 is 5.82 Å². The monoisotopic (exact) mass is 245 g/mol. The molecule has 2 heterocycles. The van der Waals surface area contributed by atoms with Crippen LogP contribution in [0.3, 0.4) is 0 Å². The van der Waals surface area contributed by atoms with Crippen molar-refractivity contribution in [3.63, 3.8) is 0 Å². The molecule has 0 spiro atoms. The molecule has 0 bridgehead atoms. The summed E-state index contributed by atoms with van der Waals surface area (Å²) in [6.45, 7) is 9.59. The first kappa shape index (κ1) is 13.1. The summed E-state index contributed by atoms with van der Waals surface area (Å²) < 4.78 is 0. The number of pyridine rings is 1. The lowest BCUT2D eigenvalue weighted by Gasteiger charge is -2.27. The first-order chi connectivity index (χ1) is 8.70. The zero-order valence-electron chi connectivity index (χ0n) is 11.6. The Kier molecular flexibility index (Phi) is 4.37. The minimum absolute atomic E-state index is 0.388. The van der Waals surface area contributed by atoms with Gasteiger partial charge in [0, 0.05) is 25.3 Å². The predicted octanol–water partition coefficient (Wildman–Crippen LogP) is 2.91. The van der Waals surface area contributed by atoms with E-state index in [0.29, 0.717) is 6.04 Å². The molecule has 18 heavy (non-hydrogen) atoms. The Balaban J connectivity index is 2.12. The molecule has 0 aromatic carbocycles. The molecule has 1 aliphatic rings. The molecule has 2 rings (SSSR count). The third-order valence-corrected chi connectivity index (χ3v) is 3.54. The first-order valence-corrected chi connectivity index (χ1v) is 6.80. The van der Waals surface area contributed by atoms with Crippen molar-refractivity contribution in [3.05, 3.63) is 35.5 Å². The van der Waals surface area contributed by atoms with Gasteiger partial charge in [-0.15, -0.1) is 0 Å². The van der Waals surface area contributed by atoms with Crippen LogP contribution in [0.15, 0.2) is 30.0 Å². The Morgan fingerprint density at radius 2 is 2.33 bits per heavy atom. The predicted molar refractivity (Wildman–Crippen MR) is 76.9 cm³/mol. The molecule has 98 valence electrons.